The molecule has 2 fully saturated rings. The summed E-state index contributed by atoms with van der Waals surface area (Å²) in [5.74, 6) is 0.150. The second-order valence-corrected chi connectivity index (χ2v) is 9.77. The molecule has 2 aromatic rings. The van der Waals surface area contributed by atoms with Gasteiger partial charge in [0.25, 0.3) is 0 Å². The number of nitrogens with zero attached hydrogens (tertiary/aromatic N) is 3. The lowest BCUT2D eigenvalue weighted by molar-refractivity contribution is -0.122. The Hall–Kier alpha value is -2.14. The highest BCUT2D eigenvalue weighted by Gasteiger charge is 2.36. The summed E-state index contributed by atoms with van der Waals surface area (Å²) in [7, 11) is 0. The fourth-order valence-electron chi connectivity index (χ4n) is 5.48. The number of aromatic nitrogens is 2. The second-order valence-electron chi connectivity index (χ2n) is 9.77. The summed E-state index contributed by atoms with van der Waals surface area (Å²) in [6, 6.07) is 11.6. The van der Waals surface area contributed by atoms with Crippen LogP contribution in [0.3, 0.4) is 0 Å². The van der Waals surface area contributed by atoms with E-state index < -0.39 is 0 Å². The summed E-state index contributed by atoms with van der Waals surface area (Å²) in [5.41, 5.74) is 4.28. The zero-order valence-corrected chi connectivity index (χ0v) is 19.3. The first-order valence-electron chi connectivity index (χ1n) is 12.1. The third-order valence-electron chi connectivity index (χ3n) is 7.43. The minimum Gasteiger partial charge on any atom is -0.353 e. The number of nitrogens with one attached hydrogen (secondary N) is 1. The van der Waals surface area contributed by atoms with E-state index in [1.54, 1.807) is 6.20 Å². The number of likely N-dealkylation sites (tertiary alicyclic amines) is 1. The average Bonchev–Trinajstić information content (AvgIpc) is 3.19. The predicted octanol–water partition coefficient (Wildman–Crippen LogP) is 4.37. The van der Waals surface area contributed by atoms with Crippen molar-refractivity contribution in [3.63, 3.8) is 0 Å². The van der Waals surface area contributed by atoms with Crippen molar-refractivity contribution in [2.24, 2.45) is 0 Å². The molecule has 0 unspecified atom stereocenters. The molecule has 1 saturated carbocycles. The molecule has 0 spiro atoms. The van der Waals surface area contributed by atoms with Crippen LogP contribution in [0.1, 0.15) is 68.2 Å². The van der Waals surface area contributed by atoms with Crippen LogP contribution < -0.4 is 5.32 Å². The highest BCUT2D eigenvalue weighted by Crippen LogP contribution is 2.40. The molecule has 4 rings (SSSR count). The van der Waals surface area contributed by atoms with Gasteiger partial charge in [-0.3, -0.25) is 9.48 Å². The molecule has 1 aliphatic carbocycles. The summed E-state index contributed by atoms with van der Waals surface area (Å²) in [6.45, 7) is 8.18. The maximum absolute atomic E-state index is 12.4. The van der Waals surface area contributed by atoms with Crippen LogP contribution in [0.15, 0.2) is 36.5 Å². The van der Waals surface area contributed by atoms with Gasteiger partial charge in [0.2, 0.25) is 5.91 Å². The summed E-state index contributed by atoms with van der Waals surface area (Å²) < 4.78 is 1.90. The lowest BCUT2D eigenvalue weighted by atomic mass is 9.69. The Morgan fingerprint density at radius 1 is 1.06 bits per heavy atom. The van der Waals surface area contributed by atoms with Crippen molar-refractivity contribution in [2.75, 3.05) is 19.6 Å². The van der Waals surface area contributed by atoms with Crippen molar-refractivity contribution in [3.8, 4) is 0 Å². The van der Waals surface area contributed by atoms with Gasteiger partial charge < -0.3 is 10.2 Å². The Labute approximate surface area is 187 Å². The molecule has 1 aromatic heterocycles. The van der Waals surface area contributed by atoms with E-state index in [1.165, 1.54) is 43.2 Å². The third kappa shape index (κ3) is 5.57. The first-order chi connectivity index (χ1) is 15.0. The van der Waals surface area contributed by atoms with Crippen LogP contribution in [0.25, 0.3) is 0 Å². The van der Waals surface area contributed by atoms with E-state index >= 15 is 0 Å². The van der Waals surface area contributed by atoms with Gasteiger partial charge in [-0.2, -0.15) is 5.10 Å². The van der Waals surface area contributed by atoms with Crippen LogP contribution in [-0.4, -0.2) is 46.3 Å². The van der Waals surface area contributed by atoms with Crippen LogP contribution in [0.4, 0.5) is 0 Å². The van der Waals surface area contributed by atoms with Gasteiger partial charge in [0.05, 0.1) is 0 Å². The number of benzene rings is 1. The zero-order chi connectivity index (χ0) is 21.7. The molecule has 1 amide bonds. The molecule has 5 heteroatoms. The van der Waals surface area contributed by atoms with Crippen molar-refractivity contribution < 1.29 is 4.79 Å². The van der Waals surface area contributed by atoms with E-state index in [-0.39, 0.29) is 5.91 Å². The fourth-order valence-corrected chi connectivity index (χ4v) is 5.48. The van der Waals surface area contributed by atoms with E-state index in [0.29, 0.717) is 24.4 Å². The van der Waals surface area contributed by atoms with Gasteiger partial charge in [0, 0.05) is 55.9 Å². The minimum absolute atomic E-state index is 0.150. The topological polar surface area (TPSA) is 50.2 Å². The van der Waals surface area contributed by atoms with E-state index in [1.807, 2.05) is 17.7 Å². The van der Waals surface area contributed by atoms with Gasteiger partial charge in [0.15, 0.2) is 0 Å². The van der Waals surface area contributed by atoms with Crippen molar-refractivity contribution in [2.45, 2.75) is 83.2 Å². The molecule has 0 atom stereocenters. The molecule has 168 valence electrons. The monoisotopic (exact) mass is 422 g/mol. The third-order valence-corrected chi connectivity index (χ3v) is 7.43. The standard InChI is InChI=1S/C26H38N4O/c1-21-6-8-23(9-7-21)26(14-4-3-5-15-26)20-29-17-11-24(12-18-29)28-25(31)13-19-30-22(2)10-16-27-30/h6-10,16,24H,3-5,11-15,17-20H2,1-2H3,(H,28,31). The summed E-state index contributed by atoms with van der Waals surface area (Å²) >= 11 is 0. The summed E-state index contributed by atoms with van der Waals surface area (Å²) in [4.78, 5) is 15.1. The van der Waals surface area contributed by atoms with Crippen LogP contribution in [-0.2, 0) is 16.8 Å². The molecule has 5 nitrogen and oxygen atoms in total. The molecule has 0 radical (unpaired) electrons. The minimum atomic E-state index is 0.150. The van der Waals surface area contributed by atoms with Crippen molar-refractivity contribution >= 4 is 5.91 Å². The van der Waals surface area contributed by atoms with Crippen molar-refractivity contribution in [3.05, 3.63) is 53.3 Å². The van der Waals surface area contributed by atoms with Gasteiger partial charge in [-0.25, -0.2) is 0 Å². The molecular formula is C26H38N4O. The molecule has 1 aliphatic heterocycles. The molecule has 2 aliphatic rings. The van der Waals surface area contributed by atoms with Crippen LogP contribution >= 0.6 is 0 Å². The highest BCUT2D eigenvalue weighted by molar-refractivity contribution is 5.76. The molecule has 1 saturated heterocycles. The van der Waals surface area contributed by atoms with Crippen molar-refractivity contribution in [1.82, 2.24) is 20.0 Å². The molecule has 2 heterocycles. The number of piperidine rings is 1. The number of carbonyl (C=O) groups is 1. The number of aryl methyl sites for hydroxylation is 3. The number of rotatable bonds is 7. The van der Waals surface area contributed by atoms with E-state index in [2.05, 4.69) is 46.5 Å². The van der Waals surface area contributed by atoms with Gasteiger partial charge in [0.1, 0.15) is 0 Å². The second kappa shape index (κ2) is 9.99. The molecule has 31 heavy (non-hydrogen) atoms. The first kappa shape index (κ1) is 22.1. The predicted molar refractivity (Wildman–Crippen MR) is 125 cm³/mol. The van der Waals surface area contributed by atoms with Gasteiger partial charge in [-0.1, -0.05) is 49.1 Å². The highest BCUT2D eigenvalue weighted by atomic mass is 16.1. The lowest BCUT2D eigenvalue weighted by Gasteiger charge is -2.44. The smallest absolute Gasteiger partial charge is 0.222 e. The first-order valence-corrected chi connectivity index (χ1v) is 12.1. The quantitative estimate of drug-likeness (QED) is 0.721. The van der Waals surface area contributed by atoms with Gasteiger partial charge in [-0.05, 0) is 51.2 Å². The SMILES string of the molecule is Cc1ccc(C2(CN3CCC(NC(=O)CCn4nccc4C)CC3)CCCCC2)cc1. The van der Waals surface area contributed by atoms with Gasteiger partial charge in [-0.15, -0.1) is 0 Å². The van der Waals surface area contributed by atoms with Crippen LogP contribution in [0, 0.1) is 13.8 Å². The zero-order valence-electron chi connectivity index (χ0n) is 19.3. The number of carbonyl (C=O) groups excluding carboxylic acids is 1. The molecule has 0 bridgehead atoms. The Bertz CT molecular complexity index is 843. The largest absolute Gasteiger partial charge is 0.353 e. The number of hydrogen-bond acceptors (Lipinski definition) is 3. The lowest BCUT2D eigenvalue weighted by Crippen LogP contribution is -2.49. The Balaban J connectivity index is 1.28. The maximum Gasteiger partial charge on any atom is 0.222 e. The number of amides is 1. The molecular weight excluding hydrogens is 384 g/mol. The normalized spacial score (nSPS) is 19.9. The Kier molecular flexibility index (Phi) is 7.11. The van der Waals surface area contributed by atoms with Gasteiger partial charge >= 0.3 is 0 Å². The van der Waals surface area contributed by atoms with E-state index in [0.717, 1.165) is 38.2 Å². The van der Waals surface area contributed by atoms with E-state index in [9.17, 15) is 4.79 Å². The van der Waals surface area contributed by atoms with E-state index in [4.69, 9.17) is 0 Å². The maximum atomic E-state index is 12.4. The Morgan fingerprint density at radius 2 is 1.77 bits per heavy atom. The average molecular weight is 423 g/mol. The van der Waals surface area contributed by atoms with Crippen LogP contribution in [0.5, 0.6) is 0 Å². The fraction of sp³-hybridized carbons (Fsp3) is 0.615. The van der Waals surface area contributed by atoms with Crippen molar-refractivity contribution in [1.29, 1.82) is 0 Å². The summed E-state index contributed by atoms with van der Waals surface area (Å²) in [6.07, 6.45) is 11.1. The van der Waals surface area contributed by atoms with Crippen LogP contribution in [0.2, 0.25) is 0 Å². The molecule has 1 aromatic carbocycles. The molecule has 1 N–H and O–H groups in total. The number of hydrogen-bond donors (Lipinski definition) is 1. The Morgan fingerprint density at radius 3 is 2.42 bits per heavy atom. The summed E-state index contributed by atoms with van der Waals surface area (Å²) in [5, 5.41) is 7.53.